The van der Waals surface area contributed by atoms with Gasteiger partial charge in [0, 0.05) is 5.92 Å². The monoisotopic (exact) mass is 230 g/mol. The molecule has 0 bridgehead atoms. The molecule has 0 atom stereocenters. The molecule has 1 aromatic carbocycles. The van der Waals surface area contributed by atoms with Gasteiger partial charge >= 0.3 is 0 Å². The number of hydrogen-bond acceptors (Lipinski definition) is 2. The summed E-state index contributed by atoms with van der Waals surface area (Å²) in [5.41, 5.74) is 5.83. The van der Waals surface area contributed by atoms with Crippen molar-refractivity contribution in [2.45, 2.75) is 33.1 Å². The van der Waals surface area contributed by atoms with Gasteiger partial charge in [0.05, 0.1) is 5.71 Å². The molecule has 1 amide bonds. The summed E-state index contributed by atoms with van der Waals surface area (Å²) in [6.45, 7) is 4.04. The second-order valence-corrected chi connectivity index (χ2v) is 4.50. The third-order valence-electron chi connectivity index (χ3n) is 3.06. The van der Waals surface area contributed by atoms with E-state index >= 15 is 0 Å². The molecule has 2 rings (SSSR count). The Balaban J connectivity index is 1.99. The van der Waals surface area contributed by atoms with Gasteiger partial charge in [-0.05, 0) is 37.3 Å². The minimum absolute atomic E-state index is 0.0505. The molecule has 0 radical (unpaired) electrons. The average Bonchev–Trinajstić information content (AvgIpc) is 3.20. The number of carbonyl (C=O) groups excluding carboxylic acids is 1. The highest BCUT2D eigenvalue weighted by atomic mass is 16.2. The largest absolute Gasteiger partial charge is 0.273 e. The lowest BCUT2D eigenvalue weighted by Crippen LogP contribution is -2.20. The molecule has 1 N–H and O–H groups in total. The summed E-state index contributed by atoms with van der Waals surface area (Å²) in [6.07, 6.45) is 3.05. The van der Waals surface area contributed by atoms with Gasteiger partial charge in [0.15, 0.2) is 0 Å². The maximum Gasteiger partial charge on any atom is 0.243 e. The predicted octanol–water partition coefficient (Wildman–Crippen LogP) is 2.50. The molecule has 0 aliphatic heterocycles. The van der Waals surface area contributed by atoms with Crippen LogP contribution < -0.4 is 5.43 Å². The van der Waals surface area contributed by atoms with Gasteiger partial charge in [0.2, 0.25) is 5.91 Å². The summed E-state index contributed by atoms with van der Waals surface area (Å²) >= 11 is 0. The van der Waals surface area contributed by atoms with Crippen LogP contribution in [0.3, 0.4) is 0 Å². The summed E-state index contributed by atoms with van der Waals surface area (Å²) in [5, 5.41) is 4.13. The van der Waals surface area contributed by atoms with Crippen LogP contribution in [0.25, 0.3) is 0 Å². The van der Waals surface area contributed by atoms with Crippen LogP contribution in [-0.2, 0) is 11.2 Å². The van der Waals surface area contributed by atoms with Crippen LogP contribution in [0, 0.1) is 5.92 Å². The lowest BCUT2D eigenvalue weighted by atomic mass is 10.1. The summed E-state index contributed by atoms with van der Waals surface area (Å²) in [4.78, 5) is 11.4. The molecule has 0 unspecified atom stereocenters. The first kappa shape index (κ1) is 11.8. The molecule has 0 saturated heterocycles. The number of rotatable bonds is 4. The van der Waals surface area contributed by atoms with Crippen LogP contribution in [0.1, 0.15) is 37.8 Å². The third kappa shape index (κ3) is 3.16. The number of carbonyl (C=O) groups is 1. The highest BCUT2D eigenvalue weighted by Gasteiger charge is 2.29. The van der Waals surface area contributed by atoms with E-state index in [1.807, 2.05) is 19.1 Å². The van der Waals surface area contributed by atoms with E-state index in [-0.39, 0.29) is 11.8 Å². The molecule has 1 aliphatic rings. The Morgan fingerprint density at radius 1 is 1.35 bits per heavy atom. The Kier molecular flexibility index (Phi) is 3.57. The maximum atomic E-state index is 11.4. The Bertz CT molecular complexity index is 430. The summed E-state index contributed by atoms with van der Waals surface area (Å²) in [5.74, 6) is 0.253. The second-order valence-electron chi connectivity index (χ2n) is 4.50. The number of aryl methyl sites for hydroxylation is 1. The Hall–Kier alpha value is -1.64. The molecule has 90 valence electrons. The van der Waals surface area contributed by atoms with E-state index in [9.17, 15) is 4.79 Å². The van der Waals surface area contributed by atoms with E-state index in [2.05, 4.69) is 29.6 Å². The van der Waals surface area contributed by atoms with Crippen molar-refractivity contribution in [3.63, 3.8) is 0 Å². The van der Waals surface area contributed by atoms with Gasteiger partial charge in [-0.1, -0.05) is 31.2 Å². The molecule has 17 heavy (non-hydrogen) atoms. The number of nitrogens with zero attached hydrogens (tertiary/aromatic N) is 1. The summed E-state index contributed by atoms with van der Waals surface area (Å²) in [7, 11) is 0. The molecule has 1 saturated carbocycles. The zero-order valence-corrected chi connectivity index (χ0v) is 10.4. The summed E-state index contributed by atoms with van der Waals surface area (Å²) in [6, 6.07) is 8.27. The van der Waals surface area contributed by atoms with Gasteiger partial charge in [-0.15, -0.1) is 0 Å². The molecular weight excluding hydrogens is 212 g/mol. The Morgan fingerprint density at radius 3 is 2.53 bits per heavy atom. The fraction of sp³-hybridized carbons (Fsp3) is 0.429. The van der Waals surface area contributed by atoms with Crippen molar-refractivity contribution in [2.24, 2.45) is 11.0 Å². The van der Waals surface area contributed by atoms with Crippen LogP contribution in [0.4, 0.5) is 0 Å². The second kappa shape index (κ2) is 5.13. The van der Waals surface area contributed by atoms with Crippen molar-refractivity contribution in [1.82, 2.24) is 5.43 Å². The van der Waals surface area contributed by atoms with Crippen molar-refractivity contribution >= 4 is 11.6 Å². The third-order valence-corrected chi connectivity index (χ3v) is 3.06. The first-order valence-corrected chi connectivity index (χ1v) is 6.14. The van der Waals surface area contributed by atoms with Crippen molar-refractivity contribution in [3.05, 3.63) is 35.4 Å². The summed E-state index contributed by atoms with van der Waals surface area (Å²) < 4.78 is 0. The maximum absolute atomic E-state index is 11.4. The minimum atomic E-state index is 0.0505. The van der Waals surface area contributed by atoms with Crippen LogP contribution in [0.2, 0.25) is 0 Å². The topological polar surface area (TPSA) is 41.5 Å². The minimum Gasteiger partial charge on any atom is -0.273 e. The van der Waals surface area contributed by atoms with Gasteiger partial charge in [-0.3, -0.25) is 4.79 Å². The molecule has 0 aromatic heterocycles. The van der Waals surface area contributed by atoms with Gasteiger partial charge in [0.1, 0.15) is 0 Å². The van der Waals surface area contributed by atoms with Crippen LogP contribution in [-0.4, -0.2) is 11.6 Å². The molecule has 1 aliphatic carbocycles. The predicted molar refractivity (Wildman–Crippen MR) is 68.9 cm³/mol. The Labute approximate surface area is 102 Å². The van der Waals surface area contributed by atoms with Crippen LogP contribution in [0.15, 0.2) is 29.4 Å². The number of amides is 1. The van der Waals surface area contributed by atoms with Crippen molar-refractivity contribution in [1.29, 1.82) is 0 Å². The fourth-order valence-electron chi connectivity index (χ4n) is 1.62. The number of hydrogen-bond donors (Lipinski definition) is 1. The molecular formula is C14H18N2O. The zero-order chi connectivity index (χ0) is 12.3. The standard InChI is InChI=1S/C14H18N2O/c1-3-11-4-6-12(7-5-11)10(2)15-16-14(17)13-8-9-13/h4-7,13H,3,8-9H2,1-2H3,(H,16,17). The molecule has 1 fully saturated rings. The van der Waals surface area contributed by atoms with Gasteiger partial charge in [-0.25, -0.2) is 5.43 Å². The SMILES string of the molecule is CCc1ccc(C(C)=NNC(=O)C2CC2)cc1. The highest BCUT2D eigenvalue weighted by molar-refractivity contribution is 5.99. The highest BCUT2D eigenvalue weighted by Crippen LogP contribution is 2.28. The number of nitrogens with one attached hydrogen (secondary N) is 1. The van der Waals surface area contributed by atoms with E-state index in [1.165, 1.54) is 5.56 Å². The fourth-order valence-corrected chi connectivity index (χ4v) is 1.62. The lowest BCUT2D eigenvalue weighted by Gasteiger charge is -2.03. The van der Waals surface area contributed by atoms with Gasteiger partial charge in [0.25, 0.3) is 0 Å². The normalized spacial score (nSPS) is 15.8. The molecule has 1 aromatic rings. The van der Waals surface area contributed by atoms with E-state index in [0.29, 0.717) is 0 Å². The van der Waals surface area contributed by atoms with E-state index in [4.69, 9.17) is 0 Å². The Morgan fingerprint density at radius 2 is 2.00 bits per heavy atom. The van der Waals surface area contributed by atoms with Gasteiger partial charge < -0.3 is 0 Å². The van der Waals surface area contributed by atoms with E-state index < -0.39 is 0 Å². The number of benzene rings is 1. The van der Waals surface area contributed by atoms with Crippen LogP contribution in [0.5, 0.6) is 0 Å². The lowest BCUT2D eigenvalue weighted by molar-refractivity contribution is -0.122. The molecule has 0 spiro atoms. The smallest absolute Gasteiger partial charge is 0.243 e. The first-order valence-electron chi connectivity index (χ1n) is 6.14. The average molecular weight is 230 g/mol. The zero-order valence-electron chi connectivity index (χ0n) is 10.4. The molecule has 3 heteroatoms. The van der Waals surface area contributed by atoms with Crippen molar-refractivity contribution in [3.8, 4) is 0 Å². The number of hydrazone groups is 1. The van der Waals surface area contributed by atoms with Crippen molar-refractivity contribution < 1.29 is 4.79 Å². The van der Waals surface area contributed by atoms with Crippen molar-refractivity contribution in [2.75, 3.05) is 0 Å². The first-order chi connectivity index (χ1) is 8.20. The van der Waals surface area contributed by atoms with E-state index in [1.54, 1.807) is 0 Å². The molecule has 0 heterocycles. The van der Waals surface area contributed by atoms with E-state index in [0.717, 1.165) is 30.5 Å². The van der Waals surface area contributed by atoms with Gasteiger partial charge in [-0.2, -0.15) is 5.10 Å². The molecule has 3 nitrogen and oxygen atoms in total. The quantitative estimate of drug-likeness (QED) is 0.626. The van der Waals surface area contributed by atoms with Crippen LogP contribution >= 0.6 is 0 Å².